The molecule has 1 rings (SSSR count). The molecule has 0 fully saturated rings. The van der Waals surface area contributed by atoms with Crippen LogP contribution in [0.15, 0.2) is 30.3 Å². The van der Waals surface area contributed by atoms with Gasteiger partial charge in [-0.05, 0) is 18.1 Å². The van der Waals surface area contributed by atoms with Gasteiger partial charge in [0, 0.05) is 5.69 Å². The number of amides is 1. The van der Waals surface area contributed by atoms with Crippen molar-refractivity contribution in [3.05, 3.63) is 30.3 Å². The van der Waals surface area contributed by atoms with Crippen LogP contribution in [0.25, 0.3) is 0 Å². The van der Waals surface area contributed by atoms with Crippen molar-refractivity contribution >= 4 is 34.8 Å². The van der Waals surface area contributed by atoms with E-state index in [4.69, 9.17) is 23.2 Å². The number of nitrogens with zero attached hydrogens (tertiary/aromatic N) is 1. The third kappa shape index (κ3) is 3.13. The number of alkyl halides is 2. The summed E-state index contributed by atoms with van der Waals surface area (Å²) in [4.78, 5) is 13.5. The summed E-state index contributed by atoms with van der Waals surface area (Å²) in [5, 5.41) is -0.543. The number of benzene rings is 1. The Balaban J connectivity index is 2.87. The van der Waals surface area contributed by atoms with E-state index in [9.17, 15) is 4.79 Å². The molecule has 1 atom stereocenters. The molecule has 0 saturated heterocycles. The first-order chi connectivity index (χ1) is 7.57. The van der Waals surface area contributed by atoms with Gasteiger partial charge < -0.3 is 0 Å². The second-order valence-corrected chi connectivity index (χ2v) is 4.58. The molecular weight excluding hydrogens is 245 g/mol. The summed E-state index contributed by atoms with van der Waals surface area (Å²) in [6.45, 7) is 3.82. The van der Waals surface area contributed by atoms with Crippen molar-refractivity contribution in [2.45, 2.75) is 19.2 Å². The molecule has 0 aliphatic rings. The van der Waals surface area contributed by atoms with E-state index in [1.165, 1.54) is 4.90 Å². The summed E-state index contributed by atoms with van der Waals surface area (Å²) >= 11 is 11.8. The van der Waals surface area contributed by atoms with E-state index in [1.807, 2.05) is 44.2 Å². The maximum Gasteiger partial charge on any atom is 0.246 e. The van der Waals surface area contributed by atoms with Gasteiger partial charge in [0.1, 0.15) is 11.4 Å². The van der Waals surface area contributed by atoms with Crippen molar-refractivity contribution in [3.63, 3.8) is 0 Å². The number of anilines is 1. The molecular formula is C12H15Cl2NO. The Bertz CT molecular complexity index is 340. The number of hydrogen-bond donors (Lipinski definition) is 0. The Morgan fingerprint density at radius 3 is 2.31 bits per heavy atom. The first-order valence-corrected chi connectivity index (χ1v) is 6.11. The van der Waals surface area contributed by atoms with Crippen LogP contribution >= 0.6 is 23.2 Å². The zero-order valence-electron chi connectivity index (χ0n) is 9.36. The van der Waals surface area contributed by atoms with Gasteiger partial charge in [-0.25, -0.2) is 0 Å². The number of carbonyl (C=O) groups excluding carboxylic acids is 1. The predicted molar refractivity (Wildman–Crippen MR) is 69.1 cm³/mol. The standard InChI is InChI=1S/C12H15Cl2NO/c1-9(2)11(14)12(16)15(8-13)10-6-4-3-5-7-10/h3-7,9,11H,8H2,1-2H3. The zero-order chi connectivity index (χ0) is 12.1. The maximum absolute atomic E-state index is 12.0. The molecule has 0 N–H and O–H groups in total. The Labute approximate surface area is 106 Å². The summed E-state index contributed by atoms with van der Waals surface area (Å²) in [5.41, 5.74) is 0.772. The molecule has 1 aromatic rings. The van der Waals surface area contributed by atoms with Gasteiger partial charge in [-0.2, -0.15) is 0 Å². The molecule has 16 heavy (non-hydrogen) atoms. The van der Waals surface area contributed by atoms with Gasteiger partial charge in [0.05, 0.1) is 0 Å². The van der Waals surface area contributed by atoms with Gasteiger partial charge in [-0.15, -0.1) is 23.2 Å². The van der Waals surface area contributed by atoms with Crippen molar-refractivity contribution in [2.24, 2.45) is 5.92 Å². The van der Waals surface area contributed by atoms with Crippen molar-refractivity contribution in [1.82, 2.24) is 0 Å². The topological polar surface area (TPSA) is 20.3 Å². The van der Waals surface area contributed by atoms with Gasteiger partial charge in [0.2, 0.25) is 5.91 Å². The molecule has 0 aromatic heterocycles. The largest absolute Gasteiger partial charge is 0.297 e. The maximum atomic E-state index is 12.0. The summed E-state index contributed by atoms with van der Waals surface area (Å²) in [5.74, 6) is -0.0681. The minimum atomic E-state index is -0.543. The van der Waals surface area contributed by atoms with Crippen molar-refractivity contribution in [1.29, 1.82) is 0 Å². The molecule has 0 heterocycles. The van der Waals surface area contributed by atoms with Gasteiger partial charge in [-0.1, -0.05) is 32.0 Å². The van der Waals surface area contributed by atoms with E-state index in [0.717, 1.165) is 5.69 Å². The number of para-hydroxylation sites is 1. The molecule has 1 amide bonds. The molecule has 0 aliphatic heterocycles. The van der Waals surface area contributed by atoms with Crippen molar-refractivity contribution in [3.8, 4) is 0 Å². The lowest BCUT2D eigenvalue weighted by molar-refractivity contribution is -0.118. The average molecular weight is 260 g/mol. The zero-order valence-corrected chi connectivity index (χ0v) is 10.9. The Kier molecular flexibility index (Phi) is 5.10. The fraction of sp³-hybridized carbons (Fsp3) is 0.417. The summed E-state index contributed by atoms with van der Waals surface area (Å²) in [6.07, 6.45) is 0. The van der Waals surface area contributed by atoms with Gasteiger partial charge in [0.25, 0.3) is 0 Å². The molecule has 0 radical (unpaired) electrons. The Morgan fingerprint density at radius 1 is 1.31 bits per heavy atom. The van der Waals surface area contributed by atoms with Crippen molar-refractivity contribution < 1.29 is 4.79 Å². The fourth-order valence-corrected chi connectivity index (χ4v) is 1.67. The van der Waals surface area contributed by atoms with Crippen LogP contribution in [0.4, 0.5) is 5.69 Å². The molecule has 0 saturated carbocycles. The second-order valence-electron chi connectivity index (χ2n) is 3.87. The van der Waals surface area contributed by atoms with E-state index in [2.05, 4.69) is 0 Å². The van der Waals surface area contributed by atoms with E-state index in [1.54, 1.807) is 0 Å². The monoisotopic (exact) mass is 259 g/mol. The van der Waals surface area contributed by atoms with Gasteiger partial charge >= 0.3 is 0 Å². The Hall–Kier alpha value is -0.730. The van der Waals surface area contributed by atoms with Crippen LogP contribution < -0.4 is 4.90 Å². The fourth-order valence-electron chi connectivity index (χ4n) is 1.30. The minimum Gasteiger partial charge on any atom is -0.297 e. The lowest BCUT2D eigenvalue weighted by Crippen LogP contribution is -2.38. The van der Waals surface area contributed by atoms with Crippen LogP contribution in [-0.4, -0.2) is 17.3 Å². The second kappa shape index (κ2) is 6.12. The molecule has 2 nitrogen and oxygen atoms in total. The van der Waals surface area contributed by atoms with Crippen molar-refractivity contribution in [2.75, 3.05) is 10.9 Å². The lowest BCUT2D eigenvalue weighted by atomic mass is 10.1. The van der Waals surface area contributed by atoms with Crippen LogP contribution in [0.2, 0.25) is 0 Å². The molecule has 0 bridgehead atoms. The third-order valence-electron chi connectivity index (χ3n) is 2.27. The predicted octanol–water partition coefficient (Wildman–Crippen LogP) is 3.48. The molecule has 0 spiro atoms. The summed E-state index contributed by atoms with van der Waals surface area (Å²) in [7, 11) is 0. The quantitative estimate of drug-likeness (QED) is 0.599. The normalized spacial score (nSPS) is 12.6. The summed E-state index contributed by atoms with van der Waals surface area (Å²) in [6, 6.07) is 9.40. The molecule has 1 unspecified atom stereocenters. The number of carbonyl (C=O) groups is 1. The first kappa shape index (κ1) is 13.3. The SMILES string of the molecule is CC(C)C(Cl)C(=O)N(CCl)c1ccccc1. The molecule has 88 valence electrons. The van der Waals surface area contributed by atoms with Crippen LogP contribution in [-0.2, 0) is 4.79 Å². The molecule has 0 aliphatic carbocycles. The van der Waals surface area contributed by atoms with E-state index < -0.39 is 5.38 Å². The Morgan fingerprint density at radius 2 is 1.88 bits per heavy atom. The van der Waals surface area contributed by atoms with E-state index >= 15 is 0 Å². The highest BCUT2D eigenvalue weighted by Gasteiger charge is 2.25. The van der Waals surface area contributed by atoms with E-state index in [-0.39, 0.29) is 17.8 Å². The highest BCUT2D eigenvalue weighted by molar-refractivity contribution is 6.34. The van der Waals surface area contributed by atoms with Crippen LogP contribution in [0.3, 0.4) is 0 Å². The highest BCUT2D eigenvalue weighted by atomic mass is 35.5. The van der Waals surface area contributed by atoms with Crippen LogP contribution in [0.1, 0.15) is 13.8 Å². The van der Waals surface area contributed by atoms with Gasteiger partial charge in [0.15, 0.2) is 0 Å². The molecule has 4 heteroatoms. The third-order valence-corrected chi connectivity index (χ3v) is 3.20. The van der Waals surface area contributed by atoms with Crippen LogP contribution in [0, 0.1) is 5.92 Å². The first-order valence-electron chi connectivity index (χ1n) is 5.14. The molecule has 1 aromatic carbocycles. The summed E-state index contributed by atoms with van der Waals surface area (Å²) < 4.78 is 0. The van der Waals surface area contributed by atoms with Gasteiger partial charge in [-0.3, -0.25) is 9.69 Å². The highest BCUT2D eigenvalue weighted by Crippen LogP contribution is 2.20. The number of hydrogen-bond acceptors (Lipinski definition) is 1. The number of rotatable bonds is 4. The average Bonchev–Trinajstić information content (AvgIpc) is 2.30. The van der Waals surface area contributed by atoms with E-state index in [0.29, 0.717) is 0 Å². The minimum absolute atomic E-state index is 0.0867. The lowest BCUT2D eigenvalue weighted by Gasteiger charge is -2.24. The van der Waals surface area contributed by atoms with Crippen LogP contribution in [0.5, 0.6) is 0 Å². The smallest absolute Gasteiger partial charge is 0.246 e. The number of halogens is 2.